The van der Waals surface area contributed by atoms with Gasteiger partial charge < -0.3 is 10.5 Å². The van der Waals surface area contributed by atoms with E-state index in [0.717, 1.165) is 23.3 Å². The number of hydrogen-bond acceptors (Lipinski definition) is 3. The van der Waals surface area contributed by atoms with Gasteiger partial charge in [-0.15, -0.1) is 0 Å². The molecule has 1 atom stereocenters. The zero-order valence-electron chi connectivity index (χ0n) is 11.6. The van der Waals surface area contributed by atoms with Gasteiger partial charge in [-0.05, 0) is 49.7 Å². The van der Waals surface area contributed by atoms with Gasteiger partial charge in [-0.3, -0.25) is 4.98 Å². The first kappa shape index (κ1) is 14.8. The Morgan fingerprint density at radius 2 is 2.20 bits per heavy atom. The molecule has 0 aliphatic carbocycles. The van der Waals surface area contributed by atoms with Crippen LogP contribution in [-0.4, -0.2) is 18.1 Å². The predicted molar refractivity (Wildman–Crippen MR) is 82.4 cm³/mol. The van der Waals surface area contributed by atoms with Crippen LogP contribution in [0.2, 0.25) is 5.02 Å². The summed E-state index contributed by atoms with van der Waals surface area (Å²) in [5.74, 6) is 1.02. The first-order chi connectivity index (χ1) is 9.74. The minimum absolute atomic E-state index is 0.166. The zero-order chi connectivity index (χ0) is 14.4. The van der Waals surface area contributed by atoms with Gasteiger partial charge in [0.05, 0.1) is 6.61 Å². The van der Waals surface area contributed by atoms with Crippen LogP contribution >= 0.6 is 11.6 Å². The van der Waals surface area contributed by atoms with E-state index < -0.39 is 0 Å². The quantitative estimate of drug-likeness (QED) is 0.887. The molecule has 0 saturated heterocycles. The van der Waals surface area contributed by atoms with Gasteiger partial charge in [-0.2, -0.15) is 0 Å². The number of pyridine rings is 1. The highest BCUT2D eigenvalue weighted by Gasteiger charge is 2.16. The van der Waals surface area contributed by atoms with Crippen LogP contribution in [0, 0.1) is 0 Å². The number of halogens is 1. The van der Waals surface area contributed by atoms with E-state index in [9.17, 15) is 0 Å². The van der Waals surface area contributed by atoms with Crippen LogP contribution in [0.1, 0.15) is 24.0 Å². The first-order valence-corrected chi connectivity index (χ1v) is 7.13. The number of rotatable bonds is 6. The van der Waals surface area contributed by atoms with Crippen LogP contribution < -0.4 is 10.5 Å². The summed E-state index contributed by atoms with van der Waals surface area (Å²) in [6.45, 7) is 3.13. The van der Waals surface area contributed by atoms with E-state index in [0.29, 0.717) is 18.2 Å². The topological polar surface area (TPSA) is 48.1 Å². The van der Waals surface area contributed by atoms with Crippen molar-refractivity contribution in [2.75, 3.05) is 13.2 Å². The Hall–Kier alpha value is -1.58. The highest BCUT2D eigenvalue weighted by Crippen LogP contribution is 2.31. The Kier molecular flexibility index (Phi) is 5.39. The Morgan fingerprint density at radius 1 is 1.35 bits per heavy atom. The number of ether oxygens (including phenoxy) is 1. The molecule has 4 heteroatoms. The van der Waals surface area contributed by atoms with Gasteiger partial charge in [0, 0.05) is 28.9 Å². The predicted octanol–water partition coefficient (Wildman–Crippen LogP) is 3.42. The van der Waals surface area contributed by atoms with Crippen molar-refractivity contribution in [3.05, 3.63) is 58.9 Å². The number of benzene rings is 1. The normalized spacial score (nSPS) is 12.2. The molecule has 0 bridgehead atoms. The molecule has 106 valence electrons. The minimum atomic E-state index is 0.166. The maximum Gasteiger partial charge on any atom is 0.122 e. The molecule has 2 N–H and O–H groups in total. The van der Waals surface area contributed by atoms with Crippen molar-refractivity contribution in [2.45, 2.75) is 19.3 Å². The third-order valence-corrected chi connectivity index (χ3v) is 3.44. The van der Waals surface area contributed by atoms with Gasteiger partial charge in [-0.1, -0.05) is 17.7 Å². The molecule has 1 unspecified atom stereocenters. The lowest BCUT2D eigenvalue weighted by molar-refractivity contribution is 0.334. The second-order valence-corrected chi connectivity index (χ2v) is 5.05. The Labute approximate surface area is 124 Å². The maximum atomic E-state index is 6.11. The van der Waals surface area contributed by atoms with Crippen LogP contribution in [-0.2, 0) is 6.42 Å². The van der Waals surface area contributed by atoms with Crippen molar-refractivity contribution in [1.29, 1.82) is 0 Å². The fourth-order valence-electron chi connectivity index (χ4n) is 2.25. The smallest absolute Gasteiger partial charge is 0.122 e. The third kappa shape index (κ3) is 3.71. The first-order valence-electron chi connectivity index (χ1n) is 6.75. The molecular weight excluding hydrogens is 272 g/mol. The lowest BCUT2D eigenvalue weighted by Crippen LogP contribution is -2.16. The van der Waals surface area contributed by atoms with E-state index in [1.165, 1.54) is 0 Å². The van der Waals surface area contributed by atoms with E-state index in [2.05, 4.69) is 11.1 Å². The molecule has 0 aliphatic heterocycles. The molecule has 2 aromatic rings. The van der Waals surface area contributed by atoms with Crippen molar-refractivity contribution in [3.8, 4) is 5.75 Å². The van der Waals surface area contributed by atoms with E-state index in [-0.39, 0.29) is 5.92 Å². The fourth-order valence-corrected chi connectivity index (χ4v) is 2.43. The average Bonchev–Trinajstić information content (AvgIpc) is 2.48. The summed E-state index contributed by atoms with van der Waals surface area (Å²) >= 11 is 6.11. The van der Waals surface area contributed by atoms with Crippen LogP contribution in [0.5, 0.6) is 5.75 Å². The molecular formula is C16H19ClN2O. The summed E-state index contributed by atoms with van der Waals surface area (Å²) in [6.07, 6.45) is 4.46. The minimum Gasteiger partial charge on any atom is -0.494 e. The van der Waals surface area contributed by atoms with Gasteiger partial charge in [0.15, 0.2) is 0 Å². The Bertz CT molecular complexity index is 545. The summed E-state index contributed by atoms with van der Waals surface area (Å²) in [5.41, 5.74) is 8.17. The SMILES string of the molecule is CCOc1ccc(Cl)cc1C(CN)Cc1cccnc1. The zero-order valence-corrected chi connectivity index (χ0v) is 12.3. The average molecular weight is 291 g/mol. The monoisotopic (exact) mass is 290 g/mol. The van der Waals surface area contributed by atoms with Crippen molar-refractivity contribution >= 4 is 11.6 Å². The lowest BCUT2D eigenvalue weighted by Gasteiger charge is -2.19. The molecule has 1 heterocycles. The van der Waals surface area contributed by atoms with E-state index >= 15 is 0 Å². The van der Waals surface area contributed by atoms with Gasteiger partial charge in [0.1, 0.15) is 5.75 Å². The standard InChI is InChI=1S/C16H19ClN2O/c1-2-20-16-6-5-14(17)9-15(16)13(10-18)8-12-4-3-7-19-11-12/h3-7,9,11,13H,2,8,10,18H2,1H3. The molecule has 2 rings (SSSR count). The van der Waals surface area contributed by atoms with Crippen LogP contribution in [0.4, 0.5) is 0 Å². The molecule has 0 amide bonds. The summed E-state index contributed by atoms with van der Waals surface area (Å²) in [7, 11) is 0. The summed E-state index contributed by atoms with van der Waals surface area (Å²) in [5, 5.41) is 0.702. The van der Waals surface area contributed by atoms with Crippen molar-refractivity contribution in [1.82, 2.24) is 4.98 Å². The molecule has 0 aliphatic rings. The number of hydrogen-bond donors (Lipinski definition) is 1. The summed E-state index contributed by atoms with van der Waals surface area (Å²) < 4.78 is 5.68. The number of nitrogens with zero attached hydrogens (tertiary/aromatic N) is 1. The lowest BCUT2D eigenvalue weighted by atomic mass is 9.92. The van der Waals surface area contributed by atoms with Crippen LogP contribution in [0.25, 0.3) is 0 Å². The number of nitrogens with two attached hydrogens (primary N) is 1. The molecule has 1 aromatic carbocycles. The van der Waals surface area contributed by atoms with Gasteiger partial charge >= 0.3 is 0 Å². The van der Waals surface area contributed by atoms with Crippen molar-refractivity contribution in [3.63, 3.8) is 0 Å². The van der Waals surface area contributed by atoms with Crippen molar-refractivity contribution in [2.24, 2.45) is 5.73 Å². The van der Waals surface area contributed by atoms with Crippen LogP contribution in [0.3, 0.4) is 0 Å². The fraction of sp³-hybridized carbons (Fsp3) is 0.312. The van der Waals surface area contributed by atoms with Gasteiger partial charge in [0.25, 0.3) is 0 Å². The molecule has 0 spiro atoms. The largest absolute Gasteiger partial charge is 0.494 e. The van der Waals surface area contributed by atoms with E-state index in [1.807, 2.05) is 37.4 Å². The summed E-state index contributed by atoms with van der Waals surface area (Å²) in [6, 6.07) is 9.69. The second kappa shape index (κ2) is 7.27. The number of aromatic nitrogens is 1. The highest BCUT2D eigenvalue weighted by atomic mass is 35.5. The van der Waals surface area contributed by atoms with Gasteiger partial charge in [0.2, 0.25) is 0 Å². The molecule has 3 nitrogen and oxygen atoms in total. The second-order valence-electron chi connectivity index (χ2n) is 4.61. The summed E-state index contributed by atoms with van der Waals surface area (Å²) in [4.78, 5) is 4.14. The molecule has 1 aromatic heterocycles. The van der Waals surface area contributed by atoms with E-state index in [4.69, 9.17) is 22.1 Å². The highest BCUT2D eigenvalue weighted by molar-refractivity contribution is 6.30. The maximum absolute atomic E-state index is 6.11. The Balaban J connectivity index is 2.28. The van der Waals surface area contributed by atoms with Gasteiger partial charge in [-0.25, -0.2) is 0 Å². The molecule has 0 saturated carbocycles. The van der Waals surface area contributed by atoms with Crippen LogP contribution in [0.15, 0.2) is 42.7 Å². The third-order valence-electron chi connectivity index (χ3n) is 3.20. The Morgan fingerprint density at radius 3 is 2.85 bits per heavy atom. The molecule has 20 heavy (non-hydrogen) atoms. The molecule has 0 radical (unpaired) electrons. The molecule has 0 fully saturated rings. The van der Waals surface area contributed by atoms with Crippen molar-refractivity contribution < 1.29 is 4.74 Å². The van der Waals surface area contributed by atoms with E-state index in [1.54, 1.807) is 6.20 Å².